The van der Waals surface area contributed by atoms with Crippen molar-refractivity contribution in [2.24, 2.45) is 0 Å². The van der Waals surface area contributed by atoms with Crippen LogP contribution in [0.4, 0.5) is 0 Å². The van der Waals surface area contributed by atoms with E-state index in [0.717, 1.165) is 17.8 Å². The predicted octanol–water partition coefficient (Wildman–Crippen LogP) is 4.41. The normalized spacial score (nSPS) is 24.0. The molecule has 0 bridgehead atoms. The molecule has 0 radical (unpaired) electrons. The summed E-state index contributed by atoms with van der Waals surface area (Å²) in [6.07, 6.45) is 1.09. The van der Waals surface area contributed by atoms with E-state index in [-0.39, 0.29) is 3.23 Å². The van der Waals surface area contributed by atoms with Crippen molar-refractivity contribution in [1.29, 1.82) is 0 Å². The molecule has 3 rings (SSSR count). The second kappa shape index (κ2) is 2.86. The third kappa shape index (κ3) is 1.34. The first-order chi connectivity index (χ1) is 6.67. The van der Waals surface area contributed by atoms with Gasteiger partial charge in [-0.2, -0.15) is 0 Å². The van der Waals surface area contributed by atoms with Crippen LogP contribution in [-0.4, -0.2) is 3.23 Å². The minimum atomic E-state index is 0.0773. The van der Waals surface area contributed by atoms with E-state index < -0.39 is 0 Å². The molecule has 3 heteroatoms. The SMILES string of the molecule is BrC1(Br)CC1c1cc2ccccc2o1. The number of halogens is 2. The van der Waals surface area contributed by atoms with E-state index in [1.54, 1.807) is 0 Å². The van der Waals surface area contributed by atoms with E-state index in [0.29, 0.717) is 5.92 Å². The fourth-order valence-electron chi connectivity index (χ4n) is 1.70. The fourth-order valence-corrected chi connectivity index (χ4v) is 2.79. The maximum atomic E-state index is 5.77. The monoisotopic (exact) mass is 314 g/mol. The zero-order chi connectivity index (χ0) is 9.76. The summed E-state index contributed by atoms with van der Waals surface area (Å²) in [5.41, 5.74) is 0.977. The van der Waals surface area contributed by atoms with Crippen LogP contribution in [0.15, 0.2) is 34.7 Å². The average molecular weight is 316 g/mol. The van der Waals surface area contributed by atoms with Gasteiger partial charge in [-0.15, -0.1) is 0 Å². The summed E-state index contributed by atoms with van der Waals surface area (Å²) in [6.45, 7) is 0. The van der Waals surface area contributed by atoms with Crippen molar-refractivity contribution in [2.75, 3.05) is 0 Å². The number of hydrogen-bond acceptors (Lipinski definition) is 1. The van der Waals surface area contributed by atoms with Crippen molar-refractivity contribution in [3.05, 3.63) is 36.1 Å². The first kappa shape index (κ1) is 8.98. The maximum Gasteiger partial charge on any atom is 0.134 e. The van der Waals surface area contributed by atoms with E-state index >= 15 is 0 Å². The highest BCUT2D eigenvalue weighted by atomic mass is 79.9. The Morgan fingerprint density at radius 2 is 2.00 bits per heavy atom. The fraction of sp³-hybridized carbons (Fsp3) is 0.273. The zero-order valence-electron chi connectivity index (χ0n) is 7.34. The molecule has 1 nitrogen and oxygen atoms in total. The molecule has 2 aromatic rings. The number of hydrogen-bond donors (Lipinski definition) is 0. The van der Waals surface area contributed by atoms with Crippen molar-refractivity contribution >= 4 is 42.8 Å². The number of alkyl halides is 2. The molecule has 1 aliphatic rings. The van der Waals surface area contributed by atoms with Crippen LogP contribution in [0.2, 0.25) is 0 Å². The van der Waals surface area contributed by atoms with Crippen LogP contribution in [0, 0.1) is 0 Å². The van der Waals surface area contributed by atoms with Crippen LogP contribution in [-0.2, 0) is 0 Å². The van der Waals surface area contributed by atoms with Gasteiger partial charge in [0.05, 0.1) is 3.23 Å². The van der Waals surface area contributed by atoms with Crippen molar-refractivity contribution in [3.8, 4) is 0 Å². The molecule has 0 amide bonds. The first-order valence-electron chi connectivity index (χ1n) is 4.53. The van der Waals surface area contributed by atoms with Crippen LogP contribution < -0.4 is 0 Å². The number of rotatable bonds is 1. The van der Waals surface area contributed by atoms with Crippen molar-refractivity contribution in [2.45, 2.75) is 15.6 Å². The van der Waals surface area contributed by atoms with Crippen LogP contribution >= 0.6 is 31.9 Å². The van der Waals surface area contributed by atoms with Gasteiger partial charge in [0.1, 0.15) is 11.3 Å². The second-order valence-electron chi connectivity index (χ2n) is 3.70. The van der Waals surface area contributed by atoms with Gasteiger partial charge < -0.3 is 4.42 Å². The summed E-state index contributed by atoms with van der Waals surface area (Å²) in [6, 6.07) is 10.2. The molecule has 1 fully saturated rings. The van der Waals surface area contributed by atoms with Gasteiger partial charge in [-0.1, -0.05) is 50.1 Å². The Kier molecular flexibility index (Phi) is 1.83. The van der Waals surface area contributed by atoms with E-state index in [4.69, 9.17) is 4.42 Å². The largest absolute Gasteiger partial charge is 0.461 e. The van der Waals surface area contributed by atoms with E-state index in [9.17, 15) is 0 Å². The molecule has 0 saturated heterocycles. The summed E-state index contributed by atoms with van der Waals surface area (Å²) in [7, 11) is 0. The highest BCUT2D eigenvalue weighted by Gasteiger charge is 2.53. The van der Waals surface area contributed by atoms with E-state index in [1.165, 1.54) is 5.39 Å². The highest BCUT2D eigenvalue weighted by Crippen LogP contribution is 2.62. The smallest absolute Gasteiger partial charge is 0.134 e. The highest BCUT2D eigenvalue weighted by molar-refractivity contribution is 9.25. The average Bonchev–Trinajstić information content (AvgIpc) is 2.62. The predicted molar refractivity (Wildman–Crippen MR) is 64.2 cm³/mol. The van der Waals surface area contributed by atoms with Gasteiger partial charge >= 0.3 is 0 Å². The number of fused-ring (bicyclic) bond motifs is 1. The van der Waals surface area contributed by atoms with Gasteiger partial charge in [-0.3, -0.25) is 0 Å². The van der Waals surface area contributed by atoms with Gasteiger partial charge in [0.2, 0.25) is 0 Å². The lowest BCUT2D eigenvalue weighted by Gasteiger charge is -1.94. The van der Waals surface area contributed by atoms with Crippen LogP contribution in [0.3, 0.4) is 0 Å². The standard InChI is InChI=1S/C11H8Br2O/c12-11(13)6-8(11)10-5-7-3-1-2-4-9(7)14-10/h1-5,8H,6H2. The molecular weight excluding hydrogens is 308 g/mol. The molecule has 1 saturated carbocycles. The molecule has 0 N–H and O–H groups in total. The van der Waals surface area contributed by atoms with Gasteiger partial charge in [0.25, 0.3) is 0 Å². The van der Waals surface area contributed by atoms with Crippen LogP contribution in [0.1, 0.15) is 18.1 Å². The molecule has 72 valence electrons. The molecule has 1 unspecified atom stereocenters. The minimum Gasteiger partial charge on any atom is -0.461 e. The van der Waals surface area contributed by atoms with E-state index in [2.05, 4.69) is 44.0 Å². The topological polar surface area (TPSA) is 13.1 Å². The molecule has 0 aliphatic heterocycles. The van der Waals surface area contributed by atoms with Gasteiger partial charge in [-0.05, 0) is 18.6 Å². The zero-order valence-corrected chi connectivity index (χ0v) is 10.5. The Bertz CT molecular complexity index is 454. The van der Waals surface area contributed by atoms with Gasteiger partial charge in [-0.25, -0.2) is 0 Å². The Morgan fingerprint density at radius 1 is 1.29 bits per heavy atom. The third-order valence-corrected chi connectivity index (χ3v) is 4.37. The van der Waals surface area contributed by atoms with Gasteiger partial charge in [0, 0.05) is 11.3 Å². The van der Waals surface area contributed by atoms with Crippen molar-refractivity contribution in [3.63, 3.8) is 0 Å². The Labute approximate surface area is 98.7 Å². The summed E-state index contributed by atoms with van der Waals surface area (Å²) in [5.74, 6) is 1.54. The molecule has 1 aromatic heterocycles. The first-order valence-corrected chi connectivity index (χ1v) is 6.12. The summed E-state index contributed by atoms with van der Waals surface area (Å²) < 4.78 is 5.84. The second-order valence-corrected chi connectivity index (χ2v) is 7.60. The van der Waals surface area contributed by atoms with Crippen LogP contribution in [0.5, 0.6) is 0 Å². The summed E-state index contributed by atoms with van der Waals surface area (Å²) in [5, 5.41) is 1.19. The number of benzene rings is 1. The summed E-state index contributed by atoms with van der Waals surface area (Å²) in [4.78, 5) is 0. The molecular formula is C11H8Br2O. The quantitative estimate of drug-likeness (QED) is 0.711. The summed E-state index contributed by atoms with van der Waals surface area (Å²) >= 11 is 7.21. The number of furan rings is 1. The Morgan fingerprint density at radius 3 is 2.64 bits per heavy atom. The lowest BCUT2D eigenvalue weighted by Crippen LogP contribution is -1.84. The molecule has 0 spiro atoms. The third-order valence-electron chi connectivity index (χ3n) is 2.61. The number of para-hydroxylation sites is 1. The molecule has 14 heavy (non-hydrogen) atoms. The lowest BCUT2D eigenvalue weighted by molar-refractivity contribution is 0.552. The van der Waals surface area contributed by atoms with Crippen LogP contribution in [0.25, 0.3) is 11.0 Å². The molecule has 1 heterocycles. The Balaban J connectivity index is 2.08. The lowest BCUT2D eigenvalue weighted by atomic mass is 10.2. The molecule has 1 aromatic carbocycles. The van der Waals surface area contributed by atoms with Crippen molar-refractivity contribution < 1.29 is 4.42 Å². The minimum absolute atomic E-state index is 0.0773. The maximum absolute atomic E-state index is 5.77. The van der Waals surface area contributed by atoms with Gasteiger partial charge in [0.15, 0.2) is 0 Å². The van der Waals surface area contributed by atoms with Crippen molar-refractivity contribution in [1.82, 2.24) is 0 Å². The molecule has 1 aliphatic carbocycles. The Hall–Kier alpha value is -0.280. The molecule has 1 atom stereocenters. The van der Waals surface area contributed by atoms with E-state index in [1.807, 2.05) is 18.2 Å².